The monoisotopic (exact) mass is 280 g/mol. The minimum absolute atomic E-state index is 0.519. The number of carbonyl (C=O) groups excluding carboxylic acids is 1. The maximum Gasteiger partial charge on any atom is 0.133 e. The zero-order chi connectivity index (χ0) is 13.8. The van der Waals surface area contributed by atoms with Crippen molar-refractivity contribution in [2.75, 3.05) is 0 Å². The Bertz CT molecular complexity index is 282. The summed E-state index contributed by atoms with van der Waals surface area (Å²) in [5.41, 5.74) is 0. The molecule has 1 saturated carbocycles. The number of rotatable bonds is 6. The minimum atomic E-state index is 0.519. The molecule has 0 saturated heterocycles. The summed E-state index contributed by atoms with van der Waals surface area (Å²) in [6, 6.07) is 4.04. The SMILES string of the molecule is CCCCCC(=O)CC1CCCCC1.c1ccsc1. The van der Waals surface area contributed by atoms with E-state index in [0.717, 1.165) is 25.2 Å². The predicted molar refractivity (Wildman–Crippen MR) is 84.7 cm³/mol. The first-order chi connectivity index (χ1) is 9.33. The summed E-state index contributed by atoms with van der Waals surface area (Å²) in [5.74, 6) is 1.25. The van der Waals surface area contributed by atoms with Crippen LogP contribution in [-0.4, -0.2) is 5.78 Å². The number of hydrogen-bond acceptors (Lipinski definition) is 2. The van der Waals surface area contributed by atoms with Crippen LogP contribution in [-0.2, 0) is 4.79 Å². The van der Waals surface area contributed by atoms with E-state index in [9.17, 15) is 4.79 Å². The highest BCUT2D eigenvalue weighted by molar-refractivity contribution is 7.07. The van der Waals surface area contributed by atoms with Gasteiger partial charge >= 0.3 is 0 Å². The van der Waals surface area contributed by atoms with Gasteiger partial charge in [0.25, 0.3) is 0 Å². The summed E-state index contributed by atoms with van der Waals surface area (Å²) in [4.78, 5) is 11.6. The number of hydrogen-bond donors (Lipinski definition) is 0. The lowest BCUT2D eigenvalue weighted by Crippen LogP contribution is -2.11. The zero-order valence-corrected chi connectivity index (χ0v) is 13.1. The molecule has 108 valence electrons. The molecule has 2 rings (SSSR count). The second kappa shape index (κ2) is 11.2. The lowest BCUT2D eigenvalue weighted by atomic mass is 9.85. The Kier molecular flexibility index (Phi) is 9.70. The summed E-state index contributed by atoms with van der Waals surface area (Å²) in [7, 11) is 0. The largest absolute Gasteiger partial charge is 0.300 e. The van der Waals surface area contributed by atoms with Gasteiger partial charge in [0.2, 0.25) is 0 Å². The first-order valence-electron chi connectivity index (χ1n) is 7.81. The van der Waals surface area contributed by atoms with Gasteiger partial charge in [-0.2, -0.15) is 11.3 Å². The smallest absolute Gasteiger partial charge is 0.133 e. The van der Waals surface area contributed by atoms with Crippen molar-refractivity contribution in [3.63, 3.8) is 0 Å². The molecule has 1 nitrogen and oxygen atoms in total. The Labute approximate surface area is 122 Å². The van der Waals surface area contributed by atoms with Crippen LogP contribution in [0.2, 0.25) is 0 Å². The first-order valence-corrected chi connectivity index (χ1v) is 8.76. The third-order valence-electron chi connectivity index (χ3n) is 3.73. The van der Waals surface area contributed by atoms with Crippen molar-refractivity contribution in [3.05, 3.63) is 22.9 Å². The van der Waals surface area contributed by atoms with Crippen LogP contribution in [0.5, 0.6) is 0 Å². The molecule has 0 aromatic carbocycles. The highest BCUT2D eigenvalue weighted by atomic mass is 32.1. The highest BCUT2D eigenvalue weighted by Gasteiger charge is 2.16. The first kappa shape index (κ1) is 16.4. The molecule has 0 N–H and O–H groups in total. The van der Waals surface area contributed by atoms with Crippen LogP contribution < -0.4 is 0 Å². The molecule has 2 heteroatoms. The Hall–Kier alpha value is -0.630. The summed E-state index contributed by atoms with van der Waals surface area (Å²) in [5, 5.41) is 4.08. The second-order valence-electron chi connectivity index (χ2n) is 5.50. The van der Waals surface area contributed by atoms with Gasteiger partial charge in [-0.25, -0.2) is 0 Å². The quantitative estimate of drug-likeness (QED) is 0.597. The van der Waals surface area contributed by atoms with Crippen LogP contribution in [0.4, 0.5) is 0 Å². The Balaban J connectivity index is 0.000000300. The molecule has 1 aromatic rings. The normalized spacial score (nSPS) is 15.6. The number of Topliss-reactive ketones (excluding diaryl/α,β-unsaturated/α-hetero) is 1. The molecule has 0 amide bonds. The molecule has 0 radical (unpaired) electrons. The van der Waals surface area contributed by atoms with Crippen LogP contribution in [0, 0.1) is 5.92 Å². The highest BCUT2D eigenvalue weighted by Crippen LogP contribution is 2.26. The molecule has 0 aliphatic heterocycles. The van der Waals surface area contributed by atoms with Crippen molar-refractivity contribution in [2.24, 2.45) is 5.92 Å². The number of thiophene rings is 1. The van der Waals surface area contributed by atoms with E-state index in [0.29, 0.717) is 5.78 Å². The Morgan fingerprint density at radius 3 is 2.32 bits per heavy atom. The van der Waals surface area contributed by atoms with E-state index >= 15 is 0 Å². The molecule has 1 aromatic heterocycles. The average Bonchev–Trinajstić information content (AvgIpc) is 2.99. The number of carbonyl (C=O) groups is 1. The maximum absolute atomic E-state index is 11.6. The molecular weight excluding hydrogens is 252 g/mol. The minimum Gasteiger partial charge on any atom is -0.300 e. The molecule has 0 unspecified atom stereocenters. The summed E-state index contributed by atoms with van der Waals surface area (Å²) < 4.78 is 0. The molecule has 1 aliphatic carbocycles. The van der Waals surface area contributed by atoms with Gasteiger partial charge in [-0.15, -0.1) is 0 Å². The molecule has 0 bridgehead atoms. The van der Waals surface area contributed by atoms with E-state index in [1.165, 1.54) is 44.9 Å². The van der Waals surface area contributed by atoms with Gasteiger partial charge in [0.1, 0.15) is 5.78 Å². The third kappa shape index (κ3) is 8.99. The lowest BCUT2D eigenvalue weighted by molar-refractivity contribution is -0.120. The van der Waals surface area contributed by atoms with Gasteiger partial charge in [0.05, 0.1) is 0 Å². The standard InChI is InChI=1S/C13H24O.C4H4S/c1-2-3-5-10-13(14)11-12-8-6-4-7-9-12;1-2-4-5-3-1/h12H,2-11H2,1H3;1-4H. The lowest BCUT2D eigenvalue weighted by Gasteiger charge is -2.20. The third-order valence-corrected chi connectivity index (χ3v) is 4.35. The van der Waals surface area contributed by atoms with Crippen molar-refractivity contribution < 1.29 is 4.79 Å². The van der Waals surface area contributed by atoms with E-state index in [1.54, 1.807) is 11.3 Å². The van der Waals surface area contributed by atoms with E-state index in [-0.39, 0.29) is 0 Å². The molecule has 1 aliphatic rings. The van der Waals surface area contributed by atoms with E-state index in [4.69, 9.17) is 0 Å². The van der Waals surface area contributed by atoms with E-state index in [1.807, 2.05) is 22.9 Å². The van der Waals surface area contributed by atoms with Crippen LogP contribution in [0.25, 0.3) is 0 Å². The summed E-state index contributed by atoms with van der Waals surface area (Å²) in [6.45, 7) is 2.19. The van der Waals surface area contributed by atoms with Crippen molar-refractivity contribution in [1.29, 1.82) is 0 Å². The van der Waals surface area contributed by atoms with Crippen molar-refractivity contribution in [1.82, 2.24) is 0 Å². The molecule has 1 heterocycles. The summed E-state index contributed by atoms with van der Waals surface area (Å²) in [6.07, 6.45) is 12.0. The Morgan fingerprint density at radius 2 is 1.79 bits per heavy atom. The summed E-state index contributed by atoms with van der Waals surface area (Å²) >= 11 is 1.71. The topological polar surface area (TPSA) is 17.1 Å². The van der Waals surface area contributed by atoms with E-state index < -0.39 is 0 Å². The van der Waals surface area contributed by atoms with Gasteiger partial charge < -0.3 is 0 Å². The molecule has 19 heavy (non-hydrogen) atoms. The number of unbranched alkanes of at least 4 members (excludes halogenated alkanes) is 2. The molecule has 0 spiro atoms. The fourth-order valence-corrected chi connectivity index (χ4v) is 3.07. The van der Waals surface area contributed by atoms with E-state index in [2.05, 4.69) is 6.92 Å². The second-order valence-corrected chi connectivity index (χ2v) is 6.31. The zero-order valence-electron chi connectivity index (χ0n) is 12.3. The molecule has 0 atom stereocenters. The van der Waals surface area contributed by atoms with Crippen LogP contribution >= 0.6 is 11.3 Å². The predicted octanol–water partition coefficient (Wildman–Crippen LogP) is 5.85. The van der Waals surface area contributed by atoms with Crippen LogP contribution in [0.3, 0.4) is 0 Å². The average molecular weight is 280 g/mol. The van der Waals surface area contributed by atoms with Gasteiger partial charge in [0, 0.05) is 12.8 Å². The molecular formula is C17H28OS. The van der Waals surface area contributed by atoms with Crippen molar-refractivity contribution in [2.45, 2.75) is 71.1 Å². The molecule has 1 fully saturated rings. The fourth-order valence-electron chi connectivity index (χ4n) is 2.61. The number of ketones is 1. The fraction of sp³-hybridized carbons (Fsp3) is 0.706. The van der Waals surface area contributed by atoms with Gasteiger partial charge in [-0.1, -0.05) is 64.0 Å². The van der Waals surface area contributed by atoms with Gasteiger partial charge in [-0.05, 0) is 23.1 Å². The van der Waals surface area contributed by atoms with Crippen LogP contribution in [0.1, 0.15) is 71.1 Å². The van der Waals surface area contributed by atoms with Crippen molar-refractivity contribution in [3.8, 4) is 0 Å². The van der Waals surface area contributed by atoms with Gasteiger partial charge in [-0.3, -0.25) is 4.79 Å². The maximum atomic E-state index is 11.6. The Morgan fingerprint density at radius 1 is 1.11 bits per heavy atom. The van der Waals surface area contributed by atoms with Gasteiger partial charge in [0.15, 0.2) is 0 Å². The van der Waals surface area contributed by atoms with Crippen molar-refractivity contribution >= 4 is 17.1 Å². The van der Waals surface area contributed by atoms with Crippen LogP contribution in [0.15, 0.2) is 22.9 Å².